The number of phenolic OH excluding ortho intramolecular Hbond substituents is 1. The summed E-state index contributed by atoms with van der Waals surface area (Å²) < 4.78 is 0. The van der Waals surface area contributed by atoms with E-state index in [2.05, 4.69) is 28.4 Å². The van der Waals surface area contributed by atoms with Gasteiger partial charge < -0.3 is 20.2 Å². The summed E-state index contributed by atoms with van der Waals surface area (Å²) in [5, 5.41) is 13.3. The van der Waals surface area contributed by atoms with Gasteiger partial charge in [0.05, 0.1) is 0 Å². The predicted molar refractivity (Wildman–Crippen MR) is 140 cm³/mol. The SMILES string of the molecule is Cc1cc(NC(=O)[C@@H]2Cc3ccc(CN(C)C)cc3CN2C(=O)C(C)(C)C)c(C)c(C)c1O.Cl. The lowest BCUT2D eigenvalue weighted by molar-refractivity contribution is -0.146. The van der Waals surface area contributed by atoms with Gasteiger partial charge in [-0.15, -0.1) is 12.4 Å². The van der Waals surface area contributed by atoms with E-state index in [9.17, 15) is 14.7 Å². The van der Waals surface area contributed by atoms with E-state index in [4.69, 9.17) is 0 Å². The third-order valence-electron chi connectivity index (χ3n) is 6.42. The summed E-state index contributed by atoms with van der Waals surface area (Å²) in [6, 6.07) is 7.54. The van der Waals surface area contributed by atoms with Gasteiger partial charge in [0.2, 0.25) is 11.8 Å². The first-order valence-electron chi connectivity index (χ1n) is 11.5. The number of nitrogens with one attached hydrogen (secondary N) is 1. The zero-order chi connectivity index (χ0) is 24.7. The zero-order valence-corrected chi connectivity index (χ0v) is 22.4. The van der Waals surface area contributed by atoms with E-state index < -0.39 is 11.5 Å². The molecule has 1 aliphatic rings. The van der Waals surface area contributed by atoms with Crippen molar-refractivity contribution in [3.63, 3.8) is 0 Å². The monoisotopic (exact) mass is 487 g/mol. The number of halogens is 1. The van der Waals surface area contributed by atoms with Crippen molar-refractivity contribution in [3.8, 4) is 5.75 Å². The van der Waals surface area contributed by atoms with Crippen LogP contribution in [-0.2, 0) is 29.1 Å². The highest BCUT2D eigenvalue weighted by atomic mass is 35.5. The van der Waals surface area contributed by atoms with Crippen LogP contribution < -0.4 is 5.32 Å². The molecule has 0 saturated carbocycles. The third-order valence-corrected chi connectivity index (χ3v) is 6.42. The van der Waals surface area contributed by atoms with Crippen molar-refractivity contribution in [1.82, 2.24) is 9.80 Å². The molecule has 1 atom stereocenters. The maximum absolute atomic E-state index is 13.5. The molecule has 0 aliphatic carbocycles. The number of aromatic hydroxyl groups is 1. The molecular formula is C27H38ClN3O3. The van der Waals surface area contributed by atoms with Gasteiger partial charge in [0.15, 0.2) is 0 Å². The summed E-state index contributed by atoms with van der Waals surface area (Å²) in [6.45, 7) is 12.4. The van der Waals surface area contributed by atoms with E-state index in [1.54, 1.807) is 11.0 Å². The predicted octanol–water partition coefficient (Wildman–Crippen LogP) is 4.74. The van der Waals surface area contributed by atoms with Crippen LogP contribution in [0.1, 0.15) is 54.2 Å². The second kappa shape index (κ2) is 10.4. The van der Waals surface area contributed by atoms with Gasteiger partial charge in [-0.3, -0.25) is 9.59 Å². The van der Waals surface area contributed by atoms with Gasteiger partial charge in [0.1, 0.15) is 11.8 Å². The van der Waals surface area contributed by atoms with E-state index in [0.717, 1.165) is 28.8 Å². The number of carbonyl (C=O) groups excluding carboxylic acids is 2. The number of carbonyl (C=O) groups is 2. The van der Waals surface area contributed by atoms with E-state index >= 15 is 0 Å². The molecule has 2 amide bonds. The summed E-state index contributed by atoms with van der Waals surface area (Å²) in [7, 11) is 4.06. The number of hydrogen-bond donors (Lipinski definition) is 2. The Morgan fingerprint density at radius 3 is 2.32 bits per heavy atom. The molecule has 2 N–H and O–H groups in total. The van der Waals surface area contributed by atoms with Crippen molar-refractivity contribution in [1.29, 1.82) is 0 Å². The highest BCUT2D eigenvalue weighted by Gasteiger charge is 2.39. The minimum Gasteiger partial charge on any atom is -0.507 e. The number of nitrogens with zero attached hydrogens (tertiary/aromatic N) is 2. The molecule has 0 fully saturated rings. The number of benzene rings is 2. The Balaban J connectivity index is 0.00000408. The molecule has 0 aromatic heterocycles. The number of hydrogen-bond acceptors (Lipinski definition) is 4. The molecule has 186 valence electrons. The van der Waals surface area contributed by atoms with Gasteiger partial charge in [-0.25, -0.2) is 0 Å². The van der Waals surface area contributed by atoms with Crippen LogP contribution in [0, 0.1) is 26.2 Å². The molecule has 0 bridgehead atoms. The molecule has 0 unspecified atom stereocenters. The summed E-state index contributed by atoms with van der Waals surface area (Å²) in [6.07, 6.45) is 0.473. The number of fused-ring (bicyclic) bond motifs is 1. The Morgan fingerprint density at radius 2 is 1.74 bits per heavy atom. The van der Waals surface area contributed by atoms with E-state index in [0.29, 0.717) is 24.2 Å². The minimum atomic E-state index is -0.599. The lowest BCUT2D eigenvalue weighted by Gasteiger charge is -2.39. The van der Waals surface area contributed by atoms with Crippen LogP contribution in [0.15, 0.2) is 24.3 Å². The molecule has 0 radical (unpaired) electrons. The van der Waals surface area contributed by atoms with Crippen molar-refractivity contribution in [2.45, 2.75) is 67.1 Å². The Labute approximate surface area is 209 Å². The van der Waals surface area contributed by atoms with Crippen LogP contribution >= 0.6 is 12.4 Å². The van der Waals surface area contributed by atoms with Crippen LogP contribution in [0.4, 0.5) is 5.69 Å². The van der Waals surface area contributed by atoms with Crippen molar-refractivity contribution in [2.75, 3.05) is 19.4 Å². The molecule has 1 heterocycles. The Morgan fingerprint density at radius 1 is 1.09 bits per heavy atom. The first-order chi connectivity index (χ1) is 15.3. The molecule has 7 heteroatoms. The molecule has 34 heavy (non-hydrogen) atoms. The van der Waals surface area contributed by atoms with Gasteiger partial charge in [0.25, 0.3) is 0 Å². The van der Waals surface area contributed by atoms with Crippen molar-refractivity contribution < 1.29 is 14.7 Å². The molecule has 6 nitrogen and oxygen atoms in total. The fraction of sp³-hybridized carbons (Fsp3) is 0.481. The third kappa shape index (κ3) is 5.73. The summed E-state index contributed by atoms with van der Waals surface area (Å²) in [5.74, 6) is -0.000493. The first kappa shape index (κ1) is 27.7. The highest BCUT2D eigenvalue weighted by Crippen LogP contribution is 2.33. The van der Waals surface area contributed by atoms with Crippen LogP contribution in [0.3, 0.4) is 0 Å². The minimum absolute atomic E-state index is 0. The second-order valence-corrected chi connectivity index (χ2v) is 10.6. The largest absolute Gasteiger partial charge is 0.507 e. The fourth-order valence-corrected chi connectivity index (χ4v) is 4.39. The molecule has 0 saturated heterocycles. The van der Waals surface area contributed by atoms with Gasteiger partial charge in [-0.2, -0.15) is 0 Å². The van der Waals surface area contributed by atoms with Crippen molar-refractivity contribution >= 4 is 29.9 Å². The van der Waals surface area contributed by atoms with Crippen LogP contribution in [0.25, 0.3) is 0 Å². The number of aryl methyl sites for hydroxylation is 1. The van der Waals surface area contributed by atoms with Crippen molar-refractivity contribution in [2.24, 2.45) is 5.41 Å². The van der Waals surface area contributed by atoms with Crippen molar-refractivity contribution in [3.05, 3.63) is 57.6 Å². The normalized spacial score (nSPS) is 15.6. The Kier molecular flexibility index (Phi) is 8.43. The van der Waals surface area contributed by atoms with Gasteiger partial charge in [0, 0.05) is 30.6 Å². The van der Waals surface area contributed by atoms with E-state index in [1.807, 2.05) is 55.6 Å². The van der Waals surface area contributed by atoms with Crippen LogP contribution in [0.5, 0.6) is 5.75 Å². The Hall–Kier alpha value is -2.57. The van der Waals surface area contributed by atoms with E-state index in [1.165, 1.54) is 5.56 Å². The topological polar surface area (TPSA) is 72.9 Å². The quantitative estimate of drug-likeness (QED) is 0.611. The molecule has 2 aromatic carbocycles. The number of rotatable bonds is 4. The number of anilines is 1. The summed E-state index contributed by atoms with van der Waals surface area (Å²) in [5.41, 5.74) is 5.74. The fourth-order valence-electron chi connectivity index (χ4n) is 4.39. The lowest BCUT2D eigenvalue weighted by atomic mass is 9.87. The van der Waals surface area contributed by atoms with E-state index in [-0.39, 0.29) is 30.0 Å². The Bertz CT molecular complexity index is 1090. The second-order valence-electron chi connectivity index (χ2n) is 10.6. The average Bonchev–Trinajstić information content (AvgIpc) is 2.73. The first-order valence-corrected chi connectivity index (χ1v) is 11.5. The molecule has 0 spiro atoms. The molecule has 1 aliphatic heterocycles. The van der Waals surface area contributed by atoms with Crippen LogP contribution in [0.2, 0.25) is 0 Å². The number of phenols is 1. The van der Waals surface area contributed by atoms with Gasteiger partial charge in [-0.05, 0) is 74.3 Å². The van der Waals surface area contributed by atoms with Gasteiger partial charge in [-0.1, -0.05) is 39.0 Å². The standard InChI is InChI=1S/C27H37N3O3.ClH/c1-16-11-22(17(2)18(3)24(16)31)28-25(32)23-13-20-10-9-19(14-29(7)8)12-21(20)15-30(23)26(33)27(4,5)6;/h9-12,23,31H,13-15H2,1-8H3,(H,28,32);1H/t23-;/m0./s1. The highest BCUT2D eigenvalue weighted by molar-refractivity contribution is 5.99. The molecule has 2 aromatic rings. The average molecular weight is 488 g/mol. The van der Waals surface area contributed by atoms with Crippen LogP contribution in [-0.4, -0.2) is 46.9 Å². The maximum Gasteiger partial charge on any atom is 0.247 e. The zero-order valence-electron chi connectivity index (χ0n) is 21.6. The van der Waals surface area contributed by atoms with Gasteiger partial charge >= 0.3 is 0 Å². The summed E-state index contributed by atoms with van der Waals surface area (Å²) >= 11 is 0. The molecular weight excluding hydrogens is 450 g/mol. The number of amides is 2. The lowest BCUT2D eigenvalue weighted by Crippen LogP contribution is -2.53. The smallest absolute Gasteiger partial charge is 0.247 e. The summed E-state index contributed by atoms with van der Waals surface area (Å²) in [4.78, 5) is 30.7. The maximum atomic E-state index is 13.5. The molecule has 3 rings (SSSR count).